The van der Waals surface area contributed by atoms with Crippen molar-refractivity contribution in [1.82, 2.24) is 14.9 Å². The van der Waals surface area contributed by atoms with Crippen molar-refractivity contribution in [2.24, 2.45) is 0 Å². The molecule has 1 heterocycles. The zero-order valence-electron chi connectivity index (χ0n) is 15.6. The summed E-state index contributed by atoms with van der Waals surface area (Å²) in [6.07, 6.45) is 0. The number of para-hydroxylation sites is 1. The Kier molecular flexibility index (Phi) is 6.50. The molecule has 1 aromatic heterocycles. The number of nitrogens with one attached hydrogen (secondary N) is 1. The molecule has 0 saturated heterocycles. The van der Waals surface area contributed by atoms with Gasteiger partial charge in [0, 0.05) is 19.2 Å². The van der Waals surface area contributed by atoms with Gasteiger partial charge in [-0.1, -0.05) is 12.1 Å². The molecule has 1 N–H and O–H groups in total. The molecule has 3 aromatic rings. The van der Waals surface area contributed by atoms with Crippen LogP contribution >= 0.6 is 0 Å². The molecule has 29 heavy (non-hydrogen) atoms. The molecule has 0 fully saturated rings. The molecule has 0 saturated carbocycles. The summed E-state index contributed by atoms with van der Waals surface area (Å²) in [5.41, 5.74) is 0.517. The van der Waals surface area contributed by atoms with Crippen LogP contribution in [0.15, 0.2) is 53.3 Å². The van der Waals surface area contributed by atoms with Gasteiger partial charge in [0.1, 0.15) is 11.6 Å². The zero-order valence-corrected chi connectivity index (χ0v) is 15.6. The van der Waals surface area contributed by atoms with E-state index in [2.05, 4.69) is 14.7 Å². The minimum atomic E-state index is -2.94. The van der Waals surface area contributed by atoms with Crippen LogP contribution in [0.25, 0.3) is 10.9 Å². The molecule has 0 atom stereocenters. The number of amides is 1. The first-order chi connectivity index (χ1) is 14.0. The number of H-pyrrole nitrogens is 1. The van der Waals surface area contributed by atoms with Crippen molar-refractivity contribution in [3.05, 3.63) is 70.3 Å². The van der Waals surface area contributed by atoms with Gasteiger partial charge in [-0.05, 0) is 36.4 Å². The van der Waals surface area contributed by atoms with Gasteiger partial charge in [0.25, 0.3) is 11.5 Å². The van der Waals surface area contributed by atoms with Crippen molar-refractivity contribution in [2.75, 3.05) is 20.3 Å². The number of carbonyl (C=O) groups excluding carboxylic acids is 1. The van der Waals surface area contributed by atoms with Crippen molar-refractivity contribution in [1.29, 1.82) is 0 Å². The van der Waals surface area contributed by atoms with Crippen LogP contribution in [0, 0.1) is 0 Å². The highest BCUT2D eigenvalue weighted by atomic mass is 19.3. The van der Waals surface area contributed by atoms with E-state index in [9.17, 15) is 18.4 Å². The largest absolute Gasteiger partial charge is 0.435 e. The molecule has 2 aromatic carbocycles. The molecule has 0 spiro atoms. The van der Waals surface area contributed by atoms with Crippen LogP contribution < -0.4 is 10.3 Å². The van der Waals surface area contributed by atoms with E-state index in [1.54, 1.807) is 24.3 Å². The van der Waals surface area contributed by atoms with E-state index < -0.39 is 6.61 Å². The van der Waals surface area contributed by atoms with Gasteiger partial charge in [0.05, 0.1) is 24.1 Å². The Labute approximate surface area is 164 Å². The Morgan fingerprint density at radius 3 is 2.59 bits per heavy atom. The summed E-state index contributed by atoms with van der Waals surface area (Å²) in [4.78, 5) is 33.7. The number of ether oxygens (including phenoxy) is 2. The Balaban J connectivity index is 1.84. The first kappa shape index (κ1) is 20.4. The topological polar surface area (TPSA) is 84.5 Å². The molecule has 3 rings (SSSR count). The Hall–Kier alpha value is -3.33. The minimum absolute atomic E-state index is 0.0412. The normalized spacial score (nSPS) is 11.0. The SMILES string of the molecule is COCCN(Cc1nc2ccccc2c(=O)[nH]1)C(=O)c1ccc(OC(F)F)cc1. The number of aromatic nitrogens is 2. The average Bonchev–Trinajstić information content (AvgIpc) is 2.71. The fourth-order valence-corrected chi connectivity index (χ4v) is 2.81. The maximum Gasteiger partial charge on any atom is 0.387 e. The second kappa shape index (κ2) is 9.24. The van der Waals surface area contributed by atoms with Crippen LogP contribution in [0.3, 0.4) is 0 Å². The smallest absolute Gasteiger partial charge is 0.387 e. The van der Waals surface area contributed by atoms with Crippen LogP contribution in [-0.2, 0) is 11.3 Å². The summed E-state index contributed by atoms with van der Waals surface area (Å²) in [5, 5.41) is 0.459. The minimum Gasteiger partial charge on any atom is -0.435 e. The predicted molar refractivity (Wildman–Crippen MR) is 102 cm³/mol. The maximum absolute atomic E-state index is 12.9. The molecular formula is C20H19F2N3O4. The average molecular weight is 403 g/mol. The maximum atomic E-state index is 12.9. The molecule has 0 aliphatic heterocycles. The predicted octanol–water partition coefficient (Wildman–Crippen LogP) is 2.81. The van der Waals surface area contributed by atoms with Gasteiger partial charge < -0.3 is 19.4 Å². The number of hydrogen-bond donors (Lipinski definition) is 1. The molecule has 0 aliphatic carbocycles. The highest BCUT2D eigenvalue weighted by Crippen LogP contribution is 2.17. The quantitative estimate of drug-likeness (QED) is 0.625. The summed E-state index contributed by atoms with van der Waals surface area (Å²) in [7, 11) is 1.51. The van der Waals surface area contributed by atoms with Crippen LogP contribution in [-0.4, -0.2) is 47.6 Å². The van der Waals surface area contributed by atoms with Crippen LogP contribution in [0.4, 0.5) is 8.78 Å². The highest BCUT2D eigenvalue weighted by Gasteiger charge is 2.18. The summed E-state index contributed by atoms with van der Waals surface area (Å²) < 4.78 is 33.9. The number of rotatable bonds is 8. The van der Waals surface area contributed by atoms with Crippen molar-refractivity contribution < 1.29 is 23.0 Å². The molecule has 0 aliphatic rings. The Morgan fingerprint density at radius 2 is 1.90 bits per heavy atom. The van der Waals surface area contributed by atoms with E-state index in [4.69, 9.17) is 4.74 Å². The van der Waals surface area contributed by atoms with Crippen LogP contribution in [0.1, 0.15) is 16.2 Å². The molecule has 1 amide bonds. The van der Waals surface area contributed by atoms with E-state index in [0.717, 1.165) is 0 Å². The number of methoxy groups -OCH3 is 1. The summed E-state index contributed by atoms with van der Waals surface area (Å²) in [6.45, 7) is -2.36. The lowest BCUT2D eigenvalue weighted by atomic mass is 10.2. The fraction of sp³-hybridized carbons (Fsp3) is 0.250. The molecule has 0 bridgehead atoms. The highest BCUT2D eigenvalue weighted by molar-refractivity contribution is 5.94. The van der Waals surface area contributed by atoms with Crippen molar-refractivity contribution >= 4 is 16.8 Å². The lowest BCUT2D eigenvalue weighted by Crippen LogP contribution is -2.34. The van der Waals surface area contributed by atoms with E-state index in [0.29, 0.717) is 16.7 Å². The second-order valence-electron chi connectivity index (χ2n) is 6.15. The van der Waals surface area contributed by atoms with Gasteiger partial charge >= 0.3 is 6.61 Å². The number of fused-ring (bicyclic) bond motifs is 1. The van der Waals surface area contributed by atoms with Crippen molar-refractivity contribution in [3.8, 4) is 5.75 Å². The van der Waals surface area contributed by atoms with E-state index >= 15 is 0 Å². The van der Waals surface area contributed by atoms with Gasteiger partial charge in [-0.3, -0.25) is 9.59 Å². The van der Waals surface area contributed by atoms with Gasteiger partial charge in [-0.15, -0.1) is 0 Å². The van der Waals surface area contributed by atoms with Gasteiger partial charge in [0.2, 0.25) is 0 Å². The third-order valence-corrected chi connectivity index (χ3v) is 4.18. The summed E-state index contributed by atoms with van der Waals surface area (Å²) >= 11 is 0. The van der Waals surface area contributed by atoms with E-state index in [-0.39, 0.29) is 42.5 Å². The Morgan fingerprint density at radius 1 is 1.17 bits per heavy atom. The number of halogens is 2. The lowest BCUT2D eigenvalue weighted by molar-refractivity contribution is -0.0498. The molecule has 0 unspecified atom stereocenters. The molecule has 0 radical (unpaired) electrons. The standard InChI is InChI=1S/C20H19F2N3O4/c1-28-11-10-25(19(27)13-6-8-14(9-7-13)29-20(21)22)12-17-23-16-5-3-2-4-15(16)18(26)24-17/h2-9,20H,10-12H2,1H3,(H,23,24,26). The van der Waals surface area contributed by atoms with Crippen molar-refractivity contribution in [2.45, 2.75) is 13.2 Å². The number of benzene rings is 2. The van der Waals surface area contributed by atoms with Crippen LogP contribution in [0.5, 0.6) is 5.75 Å². The van der Waals surface area contributed by atoms with E-state index in [1.165, 1.54) is 36.3 Å². The molecule has 152 valence electrons. The first-order valence-corrected chi connectivity index (χ1v) is 8.79. The number of aromatic amines is 1. The monoisotopic (exact) mass is 403 g/mol. The number of nitrogens with zero attached hydrogens (tertiary/aromatic N) is 2. The fourth-order valence-electron chi connectivity index (χ4n) is 2.81. The van der Waals surface area contributed by atoms with Gasteiger partial charge in [0.15, 0.2) is 0 Å². The van der Waals surface area contributed by atoms with E-state index in [1.807, 2.05) is 0 Å². The van der Waals surface area contributed by atoms with Crippen LogP contribution in [0.2, 0.25) is 0 Å². The van der Waals surface area contributed by atoms with Crippen molar-refractivity contribution in [3.63, 3.8) is 0 Å². The first-order valence-electron chi connectivity index (χ1n) is 8.79. The zero-order chi connectivity index (χ0) is 20.8. The number of carbonyl (C=O) groups is 1. The third-order valence-electron chi connectivity index (χ3n) is 4.18. The Bertz CT molecular complexity index is 1040. The molecule has 7 nitrogen and oxygen atoms in total. The lowest BCUT2D eigenvalue weighted by Gasteiger charge is -2.22. The molecular weight excluding hydrogens is 384 g/mol. The second-order valence-corrected chi connectivity index (χ2v) is 6.15. The third kappa shape index (κ3) is 5.14. The summed E-state index contributed by atoms with van der Waals surface area (Å²) in [6, 6.07) is 12.3. The van der Waals surface area contributed by atoms with Gasteiger partial charge in [-0.25, -0.2) is 4.98 Å². The number of alkyl halides is 2. The number of hydrogen-bond acceptors (Lipinski definition) is 5. The van der Waals surface area contributed by atoms with Gasteiger partial charge in [-0.2, -0.15) is 8.78 Å². The molecule has 9 heteroatoms. The summed E-state index contributed by atoms with van der Waals surface area (Å²) in [5.74, 6) is -0.0715.